The Morgan fingerprint density at radius 2 is 0.727 bits per heavy atom. The zero-order chi connectivity index (χ0) is 36.7. The van der Waals surface area contributed by atoms with Crippen molar-refractivity contribution in [3.05, 3.63) is 205 Å². The number of rotatable bonds is 4. The molecular formula is C55H38. The lowest BCUT2D eigenvalue weighted by molar-refractivity contribution is 0.661. The third-order valence-corrected chi connectivity index (χ3v) is 12.2. The van der Waals surface area contributed by atoms with Gasteiger partial charge in [-0.15, -0.1) is 0 Å². The van der Waals surface area contributed by atoms with E-state index < -0.39 is 0 Å². The van der Waals surface area contributed by atoms with Gasteiger partial charge in [0.2, 0.25) is 0 Å². The summed E-state index contributed by atoms with van der Waals surface area (Å²) in [7, 11) is 0. The van der Waals surface area contributed by atoms with Crippen molar-refractivity contribution in [2.45, 2.75) is 19.3 Å². The number of hydrogen-bond acceptors (Lipinski definition) is 0. The first kappa shape index (κ1) is 31.7. The molecule has 1 aliphatic rings. The summed E-state index contributed by atoms with van der Waals surface area (Å²) in [5.74, 6) is 0. The minimum Gasteiger partial charge on any atom is -0.0622 e. The summed E-state index contributed by atoms with van der Waals surface area (Å²) in [6.07, 6.45) is 0. The van der Waals surface area contributed by atoms with Crippen LogP contribution in [0.5, 0.6) is 0 Å². The van der Waals surface area contributed by atoms with E-state index in [0.29, 0.717) is 0 Å². The van der Waals surface area contributed by atoms with Crippen LogP contribution in [0, 0.1) is 0 Å². The molecule has 10 aromatic rings. The molecule has 0 amide bonds. The third kappa shape index (κ3) is 4.99. The van der Waals surface area contributed by atoms with Gasteiger partial charge in [0.1, 0.15) is 0 Å². The Morgan fingerprint density at radius 3 is 1.35 bits per heavy atom. The second kappa shape index (κ2) is 12.1. The van der Waals surface area contributed by atoms with Crippen LogP contribution in [0.15, 0.2) is 194 Å². The van der Waals surface area contributed by atoms with E-state index in [2.05, 4.69) is 208 Å². The molecule has 0 bridgehead atoms. The second-order valence-corrected chi connectivity index (χ2v) is 15.7. The van der Waals surface area contributed by atoms with E-state index in [4.69, 9.17) is 0 Å². The number of hydrogen-bond donors (Lipinski definition) is 0. The molecule has 0 atom stereocenters. The fourth-order valence-corrected chi connectivity index (χ4v) is 9.39. The first-order valence-electron chi connectivity index (χ1n) is 19.3. The maximum absolute atomic E-state index is 2.55. The third-order valence-electron chi connectivity index (χ3n) is 12.2. The zero-order valence-electron chi connectivity index (χ0n) is 31.0. The molecule has 0 spiro atoms. The molecule has 0 heterocycles. The highest BCUT2D eigenvalue weighted by atomic mass is 14.4. The molecule has 0 radical (unpaired) electrons. The highest BCUT2D eigenvalue weighted by Gasteiger charge is 2.37. The molecule has 55 heavy (non-hydrogen) atoms. The molecule has 0 aromatic heterocycles. The second-order valence-electron chi connectivity index (χ2n) is 15.7. The van der Waals surface area contributed by atoms with Crippen molar-refractivity contribution in [2.75, 3.05) is 0 Å². The Bertz CT molecular complexity index is 3150. The van der Waals surface area contributed by atoms with E-state index in [0.717, 1.165) is 0 Å². The predicted octanol–water partition coefficient (Wildman–Crippen LogP) is 15.3. The van der Waals surface area contributed by atoms with E-state index in [1.807, 2.05) is 0 Å². The van der Waals surface area contributed by atoms with Crippen molar-refractivity contribution in [1.29, 1.82) is 0 Å². The first-order valence-corrected chi connectivity index (χ1v) is 19.3. The SMILES string of the molecule is CC1(C)c2cc(-c3ccccc3)ccc2-c2cc3c(-c4ccc5ccccc5c4)c4ccc(-c5ccccc5)cc4c(-c4ccc5ccccc5c4)c3cc21. The Kier molecular flexibility index (Phi) is 7.00. The molecule has 0 unspecified atom stereocenters. The zero-order valence-corrected chi connectivity index (χ0v) is 31.0. The Morgan fingerprint density at radius 1 is 0.273 bits per heavy atom. The Hall–Kier alpha value is -6.76. The van der Waals surface area contributed by atoms with Crippen molar-refractivity contribution in [2.24, 2.45) is 0 Å². The van der Waals surface area contributed by atoms with Gasteiger partial charge in [-0.2, -0.15) is 0 Å². The Balaban J connectivity index is 1.28. The van der Waals surface area contributed by atoms with Gasteiger partial charge in [-0.3, -0.25) is 0 Å². The van der Waals surface area contributed by atoms with Crippen molar-refractivity contribution < 1.29 is 0 Å². The summed E-state index contributed by atoms with van der Waals surface area (Å²) in [5, 5.41) is 10.1. The summed E-state index contributed by atoms with van der Waals surface area (Å²) >= 11 is 0. The van der Waals surface area contributed by atoms with E-state index in [1.54, 1.807) is 0 Å². The molecule has 0 heteroatoms. The Labute approximate surface area is 322 Å². The van der Waals surface area contributed by atoms with Crippen LogP contribution in [-0.4, -0.2) is 0 Å². The van der Waals surface area contributed by atoms with Crippen molar-refractivity contribution in [3.63, 3.8) is 0 Å². The van der Waals surface area contributed by atoms with E-state index in [-0.39, 0.29) is 5.41 Å². The minimum atomic E-state index is -0.186. The molecule has 0 nitrogen and oxygen atoms in total. The van der Waals surface area contributed by atoms with Gasteiger partial charge in [-0.25, -0.2) is 0 Å². The fraction of sp³-hybridized carbons (Fsp3) is 0.0545. The summed E-state index contributed by atoms with van der Waals surface area (Å²) in [6, 6.07) is 72.4. The van der Waals surface area contributed by atoms with Gasteiger partial charge in [-0.1, -0.05) is 172 Å². The van der Waals surface area contributed by atoms with Gasteiger partial charge in [0.15, 0.2) is 0 Å². The minimum absolute atomic E-state index is 0.186. The maximum atomic E-state index is 2.55. The lowest BCUT2D eigenvalue weighted by Gasteiger charge is -2.24. The van der Waals surface area contributed by atoms with Gasteiger partial charge in [-0.05, 0) is 146 Å². The predicted molar refractivity (Wildman–Crippen MR) is 236 cm³/mol. The molecule has 0 aliphatic heterocycles. The van der Waals surface area contributed by atoms with Crippen LogP contribution >= 0.6 is 0 Å². The van der Waals surface area contributed by atoms with Crippen LogP contribution in [-0.2, 0) is 5.41 Å². The van der Waals surface area contributed by atoms with Crippen LogP contribution in [0.25, 0.3) is 98.7 Å². The average molecular weight is 699 g/mol. The highest BCUT2D eigenvalue weighted by Crippen LogP contribution is 2.54. The molecule has 1 aliphatic carbocycles. The van der Waals surface area contributed by atoms with Gasteiger partial charge in [0, 0.05) is 5.41 Å². The summed E-state index contributed by atoms with van der Waals surface area (Å²) in [6.45, 7) is 4.82. The van der Waals surface area contributed by atoms with Crippen LogP contribution < -0.4 is 0 Å². The van der Waals surface area contributed by atoms with Crippen molar-refractivity contribution >= 4 is 43.1 Å². The van der Waals surface area contributed by atoms with Gasteiger partial charge < -0.3 is 0 Å². The van der Waals surface area contributed by atoms with Crippen LogP contribution in [0.1, 0.15) is 25.0 Å². The number of benzene rings is 10. The maximum Gasteiger partial charge on any atom is 0.0159 e. The van der Waals surface area contributed by atoms with Gasteiger partial charge in [0.05, 0.1) is 0 Å². The molecule has 11 rings (SSSR count). The number of fused-ring (bicyclic) bond motifs is 7. The van der Waals surface area contributed by atoms with Crippen LogP contribution in [0.3, 0.4) is 0 Å². The monoisotopic (exact) mass is 698 g/mol. The lowest BCUT2D eigenvalue weighted by atomic mass is 9.79. The topological polar surface area (TPSA) is 0 Å². The fourth-order valence-electron chi connectivity index (χ4n) is 9.39. The van der Waals surface area contributed by atoms with E-state index in [1.165, 1.54) is 110 Å². The van der Waals surface area contributed by atoms with E-state index >= 15 is 0 Å². The average Bonchev–Trinajstić information content (AvgIpc) is 3.46. The molecule has 0 saturated heterocycles. The molecule has 0 fully saturated rings. The molecule has 10 aromatic carbocycles. The standard InChI is InChI=1S/C55H38/c1-55(2)51-32-42(36-15-7-4-8-16-36)25-27-45(51)47-33-49-50(34-52(47)55)54(44-24-22-38-18-10-12-20-40(38)30-44)48-31-41(35-13-5-3-6-14-35)26-28-46(48)53(49)43-23-21-37-17-9-11-19-39(37)29-43/h3-34H,1-2H3. The normalized spacial score (nSPS) is 13.1. The summed E-state index contributed by atoms with van der Waals surface area (Å²) in [4.78, 5) is 0. The van der Waals surface area contributed by atoms with Gasteiger partial charge in [0.25, 0.3) is 0 Å². The molecule has 0 saturated carbocycles. The smallest absolute Gasteiger partial charge is 0.0159 e. The highest BCUT2D eigenvalue weighted by molar-refractivity contribution is 6.23. The van der Waals surface area contributed by atoms with E-state index in [9.17, 15) is 0 Å². The lowest BCUT2D eigenvalue weighted by Crippen LogP contribution is -2.15. The molecular weight excluding hydrogens is 661 g/mol. The first-order chi connectivity index (χ1) is 27.0. The van der Waals surface area contributed by atoms with Crippen LogP contribution in [0.2, 0.25) is 0 Å². The van der Waals surface area contributed by atoms with Crippen molar-refractivity contribution in [3.8, 4) is 55.6 Å². The summed E-state index contributed by atoms with van der Waals surface area (Å²) in [5.41, 5.74) is 15.3. The van der Waals surface area contributed by atoms with Crippen molar-refractivity contribution in [1.82, 2.24) is 0 Å². The largest absolute Gasteiger partial charge is 0.0622 e. The molecule has 0 N–H and O–H groups in total. The summed E-state index contributed by atoms with van der Waals surface area (Å²) < 4.78 is 0. The quantitative estimate of drug-likeness (QED) is 0.161. The van der Waals surface area contributed by atoms with Crippen LogP contribution in [0.4, 0.5) is 0 Å². The van der Waals surface area contributed by atoms with Gasteiger partial charge >= 0.3 is 0 Å². The molecule has 258 valence electrons.